The quantitative estimate of drug-likeness (QED) is 0.109. The normalized spacial score (nSPS) is 22.8. The van der Waals surface area contributed by atoms with Crippen molar-refractivity contribution in [1.29, 1.82) is 5.41 Å². The van der Waals surface area contributed by atoms with Crippen molar-refractivity contribution in [2.24, 2.45) is 5.92 Å². The monoisotopic (exact) mass is 664 g/mol. The van der Waals surface area contributed by atoms with Gasteiger partial charge in [0, 0.05) is 48.7 Å². The fourth-order valence-electron chi connectivity index (χ4n) is 7.02. The van der Waals surface area contributed by atoms with Crippen LogP contribution in [0.25, 0.3) is 16.6 Å². The van der Waals surface area contributed by atoms with E-state index in [0.717, 1.165) is 85.5 Å². The van der Waals surface area contributed by atoms with Gasteiger partial charge in [0.25, 0.3) is 11.8 Å². The maximum Gasteiger partial charge on any atom is 0.262 e. The molecule has 0 bridgehead atoms. The first-order chi connectivity index (χ1) is 23.9. The number of hydrogen-bond donors (Lipinski definition) is 5. The largest absolute Gasteiger partial charge is 0.490 e. The average molecular weight is 665 g/mol. The Morgan fingerprint density at radius 3 is 2.61 bits per heavy atom. The van der Waals surface area contributed by atoms with Crippen LogP contribution in [0, 0.1) is 11.3 Å². The van der Waals surface area contributed by atoms with Crippen molar-refractivity contribution < 1.29 is 23.9 Å². The van der Waals surface area contributed by atoms with Gasteiger partial charge >= 0.3 is 0 Å². The molecular formula is C36H40N8O5. The van der Waals surface area contributed by atoms with Gasteiger partial charge in [-0.1, -0.05) is 0 Å². The van der Waals surface area contributed by atoms with Gasteiger partial charge < -0.3 is 26.1 Å². The summed E-state index contributed by atoms with van der Waals surface area (Å²) >= 11 is 0. The third kappa shape index (κ3) is 7.02. The van der Waals surface area contributed by atoms with E-state index in [9.17, 15) is 19.2 Å². The van der Waals surface area contributed by atoms with Crippen LogP contribution in [0.3, 0.4) is 0 Å². The highest BCUT2D eigenvalue weighted by Crippen LogP contribution is 2.33. The zero-order chi connectivity index (χ0) is 33.9. The smallest absolute Gasteiger partial charge is 0.262 e. The van der Waals surface area contributed by atoms with Crippen molar-refractivity contribution in [3.8, 4) is 5.75 Å². The first-order valence-electron chi connectivity index (χ1n) is 17.1. The molecule has 0 radical (unpaired) electrons. The molecule has 1 aliphatic carbocycles. The first kappa shape index (κ1) is 32.4. The van der Waals surface area contributed by atoms with Gasteiger partial charge in [0.1, 0.15) is 17.9 Å². The second kappa shape index (κ2) is 14.1. The van der Waals surface area contributed by atoms with Crippen molar-refractivity contribution in [1.82, 2.24) is 30.8 Å². The van der Waals surface area contributed by atoms with Crippen LogP contribution in [-0.2, 0) is 9.59 Å². The number of nitrogens with one attached hydrogen (secondary N) is 5. The minimum atomic E-state index is -0.972. The summed E-state index contributed by atoms with van der Waals surface area (Å²) in [6, 6.07) is 10.2. The van der Waals surface area contributed by atoms with Crippen LogP contribution >= 0.6 is 0 Å². The standard InChI is InChI=1S/C36H40N8O5/c37-18-22(31-20-41-29-6-4-26(17-30(29)42-31)49-25-9-12-38-13-10-25)19-40-24-14-21(15-24)2-1-11-39-23-3-5-27-28(16-23)36(48)44(35(27)47)32-7-8-33(45)43-34(32)46/h3-6,16-21,24-25,32,37-40H,1-2,7-15H2,(H,43,45,46)/b22-19+,37-18?. The highest BCUT2D eigenvalue weighted by atomic mass is 16.5. The number of benzene rings is 2. The van der Waals surface area contributed by atoms with Crippen LogP contribution in [0.2, 0.25) is 0 Å². The summed E-state index contributed by atoms with van der Waals surface area (Å²) in [6.45, 7) is 2.64. The first-order valence-corrected chi connectivity index (χ1v) is 17.1. The number of imide groups is 2. The molecule has 1 unspecified atom stereocenters. The van der Waals surface area contributed by atoms with Gasteiger partial charge in [0.15, 0.2) is 0 Å². The van der Waals surface area contributed by atoms with E-state index in [1.54, 1.807) is 24.4 Å². The second-order valence-electron chi connectivity index (χ2n) is 13.2. The van der Waals surface area contributed by atoms with E-state index in [2.05, 4.69) is 26.3 Å². The molecule has 13 heteroatoms. The summed E-state index contributed by atoms with van der Waals surface area (Å²) in [5.41, 5.74) is 4.11. The third-order valence-electron chi connectivity index (χ3n) is 9.82. The molecule has 3 aliphatic heterocycles. The molecule has 4 amide bonds. The van der Waals surface area contributed by atoms with E-state index < -0.39 is 29.7 Å². The lowest BCUT2D eigenvalue weighted by molar-refractivity contribution is -0.136. The van der Waals surface area contributed by atoms with Gasteiger partial charge in [-0.3, -0.25) is 34.4 Å². The lowest BCUT2D eigenvalue weighted by Gasteiger charge is -2.36. The van der Waals surface area contributed by atoms with Crippen LogP contribution in [0.1, 0.15) is 77.8 Å². The predicted molar refractivity (Wildman–Crippen MR) is 183 cm³/mol. The lowest BCUT2D eigenvalue weighted by Crippen LogP contribution is -2.54. The van der Waals surface area contributed by atoms with Crippen LogP contribution in [0.5, 0.6) is 5.75 Å². The summed E-state index contributed by atoms with van der Waals surface area (Å²) in [5, 5.41) is 20.4. The minimum absolute atomic E-state index is 0.0899. The molecule has 2 aromatic carbocycles. The van der Waals surface area contributed by atoms with Gasteiger partial charge in [0.2, 0.25) is 11.8 Å². The number of anilines is 1. The topological polar surface area (TPSA) is 178 Å². The number of aromatic nitrogens is 2. The maximum atomic E-state index is 13.1. The van der Waals surface area contributed by atoms with Gasteiger partial charge in [-0.2, -0.15) is 0 Å². The molecule has 1 saturated carbocycles. The van der Waals surface area contributed by atoms with Crippen molar-refractivity contribution in [3.63, 3.8) is 0 Å². The van der Waals surface area contributed by atoms with Gasteiger partial charge in [-0.15, -0.1) is 0 Å². The molecule has 13 nitrogen and oxygen atoms in total. The number of carbonyl (C=O) groups excluding carboxylic acids is 4. The number of nitrogens with zero attached hydrogens (tertiary/aromatic N) is 3. The summed E-state index contributed by atoms with van der Waals surface area (Å²) < 4.78 is 6.18. The SMILES string of the molecule is N=C/C(=C\NC1CC(CCCNc2ccc3c(c2)C(=O)N(C2CCC(=O)NC2=O)C3=O)C1)c1cnc2ccc(OC3CCNCC3)cc2n1. The number of hydrogen-bond acceptors (Lipinski definition) is 11. The number of ether oxygens (including phenoxy) is 1. The molecule has 254 valence electrons. The Hall–Kier alpha value is -5.17. The Bertz CT molecular complexity index is 1830. The molecule has 3 fully saturated rings. The summed E-state index contributed by atoms with van der Waals surface area (Å²) in [7, 11) is 0. The highest BCUT2D eigenvalue weighted by Gasteiger charge is 2.44. The van der Waals surface area contributed by atoms with Crippen molar-refractivity contribution >= 4 is 52.1 Å². The Kier molecular flexibility index (Phi) is 9.34. The number of allylic oxidation sites excluding steroid dienone is 1. The Morgan fingerprint density at radius 2 is 1.82 bits per heavy atom. The third-order valence-corrected chi connectivity index (χ3v) is 9.82. The van der Waals surface area contributed by atoms with Crippen molar-refractivity contribution in [3.05, 3.63) is 65.6 Å². The predicted octanol–water partition coefficient (Wildman–Crippen LogP) is 3.41. The van der Waals surface area contributed by atoms with Gasteiger partial charge in [-0.05, 0) is 94.3 Å². The molecule has 4 heterocycles. The number of carbonyl (C=O) groups is 4. The Morgan fingerprint density at radius 1 is 1.00 bits per heavy atom. The zero-order valence-electron chi connectivity index (χ0n) is 27.2. The van der Waals surface area contributed by atoms with E-state index in [-0.39, 0.29) is 30.1 Å². The average Bonchev–Trinajstić information content (AvgIpc) is 3.33. The fraction of sp³-hybridized carbons (Fsp3) is 0.417. The lowest BCUT2D eigenvalue weighted by atomic mass is 9.77. The Labute approximate surface area is 283 Å². The summed E-state index contributed by atoms with van der Waals surface area (Å²) in [5.74, 6) is -0.643. The number of piperidine rings is 2. The second-order valence-corrected chi connectivity index (χ2v) is 13.2. The molecule has 2 saturated heterocycles. The van der Waals surface area contributed by atoms with E-state index in [1.165, 1.54) is 6.21 Å². The number of amides is 4. The molecule has 1 aromatic heterocycles. The molecule has 1 atom stereocenters. The molecule has 7 rings (SSSR count). The van der Waals surface area contributed by atoms with Crippen molar-refractivity contribution in [2.75, 3.05) is 25.0 Å². The van der Waals surface area contributed by atoms with Gasteiger partial charge in [0.05, 0.1) is 34.1 Å². The molecule has 4 aliphatic rings. The summed E-state index contributed by atoms with van der Waals surface area (Å²) in [4.78, 5) is 60.1. The Balaban J connectivity index is 0.861. The highest BCUT2D eigenvalue weighted by molar-refractivity contribution is 6.23. The molecular weight excluding hydrogens is 624 g/mol. The molecule has 49 heavy (non-hydrogen) atoms. The van der Waals surface area contributed by atoms with Gasteiger partial charge in [-0.25, -0.2) is 4.98 Å². The molecule has 5 N–H and O–H groups in total. The van der Waals surface area contributed by atoms with Crippen LogP contribution in [0.4, 0.5) is 5.69 Å². The van der Waals surface area contributed by atoms with E-state index in [4.69, 9.17) is 15.1 Å². The fourth-order valence-corrected chi connectivity index (χ4v) is 7.02. The van der Waals surface area contributed by atoms with Crippen molar-refractivity contribution in [2.45, 2.75) is 69.6 Å². The minimum Gasteiger partial charge on any atom is -0.490 e. The van der Waals surface area contributed by atoms with Crippen LogP contribution < -0.4 is 26.0 Å². The summed E-state index contributed by atoms with van der Waals surface area (Å²) in [6.07, 6.45) is 11.3. The van der Waals surface area contributed by atoms with E-state index in [1.807, 2.05) is 24.4 Å². The molecule has 0 spiro atoms. The molecule has 3 aromatic rings. The zero-order valence-corrected chi connectivity index (χ0v) is 27.2. The van der Waals surface area contributed by atoms with Crippen LogP contribution in [0.15, 0.2) is 48.8 Å². The maximum absolute atomic E-state index is 13.1. The number of fused-ring (bicyclic) bond motifs is 2. The van der Waals surface area contributed by atoms with E-state index >= 15 is 0 Å². The number of rotatable bonds is 12. The van der Waals surface area contributed by atoms with E-state index in [0.29, 0.717) is 23.2 Å². The van der Waals surface area contributed by atoms with Crippen LogP contribution in [-0.4, -0.2) is 82.5 Å².